The molecule has 0 unspecified atom stereocenters. The Morgan fingerprint density at radius 1 is 1.03 bits per heavy atom. The van der Waals surface area contributed by atoms with E-state index in [-0.39, 0.29) is 18.3 Å². The number of amides is 1. The van der Waals surface area contributed by atoms with Crippen LogP contribution in [0.1, 0.15) is 19.4 Å². The van der Waals surface area contributed by atoms with Crippen molar-refractivity contribution < 1.29 is 18.7 Å². The molecule has 1 N–H and O–H groups in total. The number of hydrogen-bond donors (Lipinski definition) is 1. The number of benzene rings is 2. The van der Waals surface area contributed by atoms with Gasteiger partial charge in [-0.3, -0.25) is 14.0 Å². The number of ether oxygens (including phenoxy) is 2. The Morgan fingerprint density at radius 2 is 1.82 bits per heavy atom. The summed E-state index contributed by atoms with van der Waals surface area (Å²) in [6.45, 7) is 5.08. The number of nitrogens with one attached hydrogen (secondary N) is 1. The number of carbonyl (C=O) groups excluding carboxylic acids is 1. The fraction of sp³-hybridized carbons (Fsp3) is 0.292. The smallest absolute Gasteiger partial charge is 0.291 e. The highest BCUT2D eigenvalue weighted by Gasteiger charge is 2.12. The molecule has 2 aromatic heterocycles. The van der Waals surface area contributed by atoms with Crippen molar-refractivity contribution in [3.63, 3.8) is 0 Å². The molecule has 0 aliphatic heterocycles. The van der Waals surface area contributed by atoms with Gasteiger partial charge in [0.2, 0.25) is 5.91 Å². The van der Waals surface area contributed by atoms with Gasteiger partial charge in [0.25, 0.3) is 5.56 Å². The van der Waals surface area contributed by atoms with Gasteiger partial charge in [0.1, 0.15) is 24.2 Å². The summed E-state index contributed by atoms with van der Waals surface area (Å²) in [5.41, 5.74) is 1.58. The summed E-state index contributed by atoms with van der Waals surface area (Å²) in [6, 6.07) is 11.6. The lowest BCUT2D eigenvalue weighted by Gasteiger charge is -2.12. The first-order valence-corrected chi connectivity index (χ1v) is 10.8. The van der Waals surface area contributed by atoms with Crippen LogP contribution in [0.2, 0.25) is 0 Å². The van der Waals surface area contributed by atoms with Crippen LogP contribution in [0.15, 0.2) is 53.6 Å². The molecule has 1 amide bonds. The molecule has 4 rings (SSSR count). The average Bonchev–Trinajstić information content (AvgIpc) is 3.16. The quantitative estimate of drug-likeness (QED) is 0.422. The maximum atomic E-state index is 13.5. The molecule has 33 heavy (non-hydrogen) atoms. The third-order valence-corrected chi connectivity index (χ3v) is 5.20. The van der Waals surface area contributed by atoms with Gasteiger partial charge in [-0.2, -0.15) is 5.10 Å². The number of nitrogens with zero attached hydrogens (tertiary/aromatic N) is 3. The highest BCUT2D eigenvalue weighted by Crippen LogP contribution is 2.28. The molecule has 0 spiro atoms. The van der Waals surface area contributed by atoms with Crippen LogP contribution >= 0.6 is 0 Å². The van der Waals surface area contributed by atoms with E-state index in [2.05, 4.69) is 10.4 Å². The first-order valence-electron chi connectivity index (χ1n) is 10.8. The molecule has 0 fully saturated rings. The maximum Gasteiger partial charge on any atom is 0.291 e. The topological polar surface area (TPSA) is 86.9 Å². The van der Waals surface area contributed by atoms with Crippen LogP contribution in [-0.4, -0.2) is 39.8 Å². The summed E-state index contributed by atoms with van der Waals surface area (Å²) in [7, 11) is 0. The molecule has 8 nitrogen and oxygen atoms in total. The van der Waals surface area contributed by atoms with Crippen molar-refractivity contribution in [2.45, 2.75) is 26.8 Å². The monoisotopic (exact) mass is 452 g/mol. The summed E-state index contributed by atoms with van der Waals surface area (Å²) in [5.74, 6) is 0.652. The minimum atomic E-state index is -0.419. The van der Waals surface area contributed by atoms with Gasteiger partial charge in [0.15, 0.2) is 11.5 Å². The predicted octanol–water partition coefficient (Wildman–Crippen LogP) is 2.94. The molecule has 9 heteroatoms. The van der Waals surface area contributed by atoms with Gasteiger partial charge in [-0.25, -0.2) is 9.07 Å². The molecule has 4 aromatic rings. The van der Waals surface area contributed by atoms with Crippen molar-refractivity contribution in [1.29, 1.82) is 0 Å². The fourth-order valence-corrected chi connectivity index (χ4v) is 3.70. The number of rotatable bonds is 9. The Hall–Kier alpha value is -3.88. The Morgan fingerprint density at radius 3 is 2.61 bits per heavy atom. The lowest BCUT2D eigenvalue weighted by Crippen LogP contribution is -2.35. The largest absolute Gasteiger partial charge is 0.490 e. The van der Waals surface area contributed by atoms with Gasteiger partial charge in [0, 0.05) is 11.9 Å². The molecular weight excluding hydrogens is 427 g/mol. The Labute approximate surface area is 189 Å². The van der Waals surface area contributed by atoms with Gasteiger partial charge in [0.05, 0.1) is 18.7 Å². The van der Waals surface area contributed by atoms with Crippen molar-refractivity contribution in [2.24, 2.45) is 0 Å². The zero-order chi connectivity index (χ0) is 23.4. The van der Waals surface area contributed by atoms with Gasteiger partial charge in [-0.15, -0.1) is 0 Å². The lowest BCUT2D eigenvalue weighted by molar-refractivity contribution is -0.121. The number of halogens is 1. The van der Waals surface area contributed by atoms with Crippen molar-refractivity contribution in [2.75, 3.05) is 19.8 Å². The summed E-state index contributed by atoms with van der Waals surface area (Å²) in [5, 5.41) is 7.51. The van der Waals surface area contributed by atoms with E-state index in [1.165, 1.54) is 18.5 Å². The maximum absolute atomic E-state index is 13.5. The summed E-state index contributed by atoms with van der Waals surface area (Å²) in [4.78, 5) is 25.2. The normalized spacial score (nSPS) is 11.1. The second-order valence-corrected chi connectivity index (χ2v) is 7.44. The molecule has 0 aliphatic rings. The standard InChI is InChI=1S/C24H25FN4O4/c1-3-32-21-8-5-16(11-22(21)33-4-2)9-10-26-23(30)14-29-24(31)20-13-17-12-18(25)6-7-19(17)28(20)15-27-29/h5-8,11-13,15H,3-4,9-10,14H2,1-2H3,(H,26,30). The first-order chi connectivity index (χ1) is 16.0. The van der Waals surface area contributed by atoms with E-state index < -0.39 is 5.56 Å². The molecule has 0 atom stereocenters. The first kappa shape index (κ1) is 22.3. The second-order valence-electron chi connectivity index (χ2n) is 7.44. The zero-order valence-electron chi connectivity index (χ0n) is 18.5. The van der Waals surface area contributed by atoms with Crippen molar-refractivity contribution >= 4 is 22.3 Å². The third-order valence-electron chi connectivity index (χ3n) is 5.20. The van der Waals surface area contributed by atoms with Crippen LogP contribution in [0.4, 0.5) is 4.39 Å². The Bertz CT molecular complexity index is 1360. The van der Waals surface area contributed by atoms with E-state index in [4.69, 9.17) is 9.47 Å². The van der Waals surface area contributed by atoms with Crippen LogP contribution in [0, 0.1) is 5.82 Å². The minimum Gasteiger partial charge on any atom is -0.490 e. The third kappa shape index (κ3) is 4.82. The van der Waals surface area contributed by atoms with Gasteiger partial charge >= 0.3 is 0 Å². The lowest BCUT2D eigenvalue weighted by atomic mass is 10.1. The number of carbonyl (C=O) groups is 1. The van der Waals surface area contributed by atoms with E-state index in [9.17, 15) is 14.0 Å². The Balaban J connectivity index is 1.41. The van der Waals surface area contributed by atoms with E-state index in [0.717, 1.165) is 10.2 Å². The van der Waals surface area contributed by atoms with Crippen LogP contribution in [0.25, 0.3) is 16.4 Å². The highest BCUT2D eigenvalue weighted by atomic mass is 19.1. The minimum absolute atomic E-state index is 0.210. The highest BCUT2D eigenvalue weighted by molar-refractivity contribution is 5.86. The van der Waals surface area contributed by atoms with Crippen molar-refractivity contribution in [1.82, 2.24) is 19.5 Å². The molecule has 0 radical (unpaired) electrons. The number of fused-ring (bicyclic) bond motifs is 3. The van der Waals surface area contributed by atoms with E-state index in [1.807, 2.05) is 32.0 Å². The van der Waals surface area contributed by atoms with Crippen LogP contribution < -0.4 is 20.3 Å². The predicted molar refractivity (Wildman–Crippen MR) is 122 cm³/mol. The molecular formula is C24H25FN4O4. The summed E-state index contributed by atoms with van der Waals surface area (Å²) < 4.78 is 27.4. The van der Waals surface area contributed by atoms with Crippen LogP contribution in [0.5, 0.6) is 11.5 Å². The fourth-order valence-electron chi connectivity index (χ4n) is 3.70. The van der Waals surface area contributed by atoms with E-state index >= 15 is 0 Å². The molecule has 2 aromatic carbocycles. The molecule has 0 saturated carbocycles. The van der Waals surface area contributed by atoms with Gasteiger partial charge in [-0.1, -0.05) is 6.07 Å². The van der Waals surface area contributed by atoms with Crippen molar-refractivity contribution in [3.05, 3.63) is 70.5 Å². The number of aromatic nitrogens is 3. The van der Waals surface area contributed by atoms with Crippen LogP contribution in [0.3, 0.4) is 0 Å². The van der Waals surface area contributed by atoms with Gasteiger partial charge < -0.3 is 14.8 Å². The number of hydrogen-bond acceptors (Lipinski definition) is 5. The second kappa shape index (κ2) is 9.72. The molecule has 172 valence electrons. The van der Waals surface area contributed by atoms with Crippen LogP contribution in [-0.2, 0) is 17.8 Å². The Kier molecular flexibility index (Phi) is 6.58. The summed E-state index contributed by atoms with van der Waals surface area (Å²) >= 11 is 0. The molecule has 0 aliphatic carbocycles. The average molecular weight is 452 g/mol. The SMILES string of the molecule is CCOc1ccc(CCNC(=O)Cn2ncn3c(cc4cc(F)ccc43)c2=O)cc1OCC. The van der Waals surface area contributed by atoms with Crippen molar-refractivity contribution in [3.8, 4) is 11.5 Å². The zero-order valence-corrected chi connectivity index (χ0v) is 18.5. The molecule has 2 heterocycles. The van der Waals surface area contributed by atoms with E-state index in [0.29, 0.717) is 54.1 Å². The molecule has 0 bridgehead atoms. The summed E-state index contributed by atoms with van der Waals surface area (Å²) in [6.07, 6.45) is 2.05. The van der Waals surface area contributed by atoms with Gasteiger partial charge in [-0.05, 0) is 62.2 Å². The van der Waals surface area contributed by atoms with E-state index in [1.54, 1.807) is 16.5 Å². The molecule has 0 saturated heterocycles.